The predicted molar refractivity (Wildman–Crippen MR) is 485 cm³/mol. The van der Waals surface area contributed by atoms with Crippen LogP contribution in [0.15, 0.2) is 419 Å². The molecule has 20 aromatic rings. The van der Waals surface area contributed by atoms with Crippen molar-refractivity contribution in [2.24, 2.45) is 0 Å². The highest BCUT2D eigenvalue weighted by molar-refractivity contribution is 7.20. The molecule has 0 saturated carbocycles. The highest BCUT2D eigenvalue weighted by Gasteiger charge is 2.58. The molecule has 26 rings (SSSR count). The fraction of sp³-hybridized carbons (Fsp3) is 0.0182. The first-order valence-electron chi connectivity index (χ1n) is 40.7. The Morgan fingerprint density at radius 3 is 0.810 bits per heavy atom. The zero-order valence-electron chi connectivity index (χ0n) is 63.2. The van der Waals surface area contributed by atoms with Gasteiger partial charge in [-0.25, -0.2) is 0 Å². The number of fused-ring (bicyclic) bond motifs is 30. The first kappa shape index (κ1) is 64.0. The number of nitrogens with zero attached hydrogens (tertiary/aromatic N) is 4. The molecular weight excluding hydrogens is 1420 g/mol. The molecule has 0 radical (unpaired) electrons. The second-order valence-corrected chi connectivity index (χ2v) is 36.1. The van der Waals surface area contributed by atoms with E-state index in [0.717, 1.165) is 45.5 Å². The third-order valence-corrected chi connectivity index (χ3v) is 32.0. The van der Waals surface area contributed by atoms with Gasteiger partial charge >= 0.3 is 0 Å². The van der Waals surface area contributed by atoms with Crippen LogP contribution >= 0.6 is 0 Å². The molecule has 4 heterocycles. The minimum Gasteiger partial charge on any atom is -0.311 e. The zero-order chi connectivity index (χ0) is 75.7. The molecule has 0 atom stereocenters. The minimum absolute atomic E-state index is 0.307. The second kappa shape index (κ2) is 23.8. The van der Waals surface area contributed by atoms with Crippen LogP contribution in [0.2, 0.25) is 0 Å². The molecule has 0 amide bonds. The van der Waals surface area contributed by atoms with E-state index in [0.29, 0.717) is 0 Å². The largest absolute Gasteiger partial charge is 0.311 e. The van der Waals surface area contributed by atoms with Crippen LogP contribution in [0.25, 0.3) is 99.5 Å². The Hall–Kier alpha value is -14.6. The Morgan fingerprint density at radius 1 is 0.207 bits per heavy atom. The summed E-state index contributed by atoms with van der Waals surface area (Å²) in [6, 6.07) is 162. The van der Waals surface area contributed by atoms with E-state index in [9.17, 15) is 0 Å². The quantitative estimate of drug-likeness (QED) is 0.111. The first-order chi connectivity index (χ1) is 57.6. The van der Waals surface area contributed by atoms with Gasteiger partial charge in [-0.05, 0) is 188 Å². The average molecular weight is 1490 g/mol. The van der Waals surface area contributed by atoms with Gasteiger partial charge in [-0.15, -0.1) is 0 Å². The summed E-state index contributed by atoms with van der Waals surface area (Å²) in [6.45, 7) is -0.307. The van der Waals surface area contributed by atoms with Crippen molar-refractivity contribution >= 4 is 130 Å². The number of benzene rings is 18. The van der Waals surface area contributed by atoms with E-state index in [1.807, 2.05) is 0 Å². The number of rotatable bonds is 8. The van der Waals surface area contributed by atoms with Crippen molar-refractivity contribution in [3.8, 4) is 55.9 Å². The van der Waals surface area contributed by atoms with Gasteiger partial charge in [-0.1, -0.05) is 346 Å². The first-order valence-corrected chi connectivity index (χ1v) is 42.7. The Labute approximate surface area is 673 Å². The number of hydrogen-bond donors (Lipinski definition) is 0. The summed E-state index contributed by atoms with van der Waals surface area (Å²) in [7, 11) is -3.54. The molecule has 4 aliphatic carbocycles. The summed E-state index contributed by atoms with van der Waals surface area (Å²) in [6.07, 6.45) is 0. The van der Waals surface area contributed by atoms with Crippen LogP contribution in [0.5, 0.6) is 0 Å². The lowest BCUT2D eigenvalue weighted by Gasteiger charge is -2.47. The predicted octanol–water partition coefficient (Wildman–Crippen LogP) is 22.0. The van der Waals surface area contributed by atoms with Crippen LogP contribution in [0.4, 0.5) is 34.1 Å². The lowest BCUT2D eigenvalue weighted by Crippen LogP contribution is -2.75. The molecule has 4 nitrogen and oxygen atoms in total. The maximum Gasteiger partial charge on any atom is 0.252 e. The lowest BCUT2D eigenvalue weighted by atomic mass is 9.33. The van der Waals surface area contributed by atoms with Gasteiger partial charge in [0.2, 0.25) is 0 Å². The molecule has 0 bridgehead atoms. The van der Waals surface area contributed by atoms with Gasteiger partial charge in [0.1, 0.15) is 0 Å². The van der Waals surface area contributed by atoms with Gasteiger partial charge < -0.3 is 18.9 Å². The maximum atomic E-state index is 2.81. The number of para-hydroxylation sites is 4. The standard InChI is InChI=1S/C110H69BN4Si/c1-4-32-72(33-5-1)116(73-34-6-2-7-35-73,74-36-8-3-9-37-74)75-68-104-108-105(69-75)115(101-61-31-49-87-81-43-15-25-55-93(81)110(107(87)101)90-52-22-12-40-78(90)79-41-13-23-53-91(79)110)103-67-71(113-98-58-28-18-46-84(98)85-47-19-29-59-99(85)113)63-65-95(103)111(108)94-64-62-70(112-96-56-26-16-44-82(96)83-45-17-27-57-97(83)112)66-102(94)114(104)100-60-30-48-86-80-42-14-24-54-92(80)109(106(86)100)88-50-20-10-38-76(88)77-39-11-21-51-89(77)109/h1-69H. The molecule has 116 heavy (non-hydrogen) atoms. The second-order valence-electron chi connectivity index (χ2n) is 32.3. The van der Waals surface area contributed by atoms with Gasteiger partial charge in [0.25, 0.3) is 6.71 Å². The fourth-order valence-electron chi connectivity index (χ4n) is 23.1. The molecular formula is C110H69BN4Si. The monoisotopic (exact) mass is 1480 g/mol. The van der Waals surface area contributed by atoms with E-state index in [-0.39, 0.29) is 6.71 Å². The molecule has 0 fully saturated rings. The van der Waals surface area contributed by atoms with E-state index in [1.54, 1.807) is 0 Å². The summed E-state index contributed by atoms with van der Waals surface area (Å²) in [5.74, 6) is 0. The van der Waals surface area contributed by atoms with Crippen molar-refractivity contribution in [3.05, 3.63) is 463 Å². The van der Waals surface area contributed by atoms with Crippen LogP contribution in [0.1, 0.15) is 44.5 Å². The smallest absolute Gasteiger partial charge is 0.252 e. The normalized spacial score (nSPS) is 14.1. The van der Waals surface area contributed by atoms with Crippen LogP contribution in [-0.2, 0) is 10.8 Å². The molecule has 2 aromatic heterocycles. The molecule has 2 aliphatic heterocycles. The molecule has 0 unspecified atom stereocenters. The van der Waals surface area contributed by atoms with E-state index in [4.69, 9.17) is 0 Å². The van der Waals surface area contributed by atoms with Crippen molar-refractivity contribution in [2.45, 2.75) is 10.8 Å². The minimum atomic E-state index is -3.54. The van der Waals surface area contributed by atoms with Crippen molar-refractivity contribution in [2.75, 3.05) is 9.80 Å². The van der Waals surface area contributed by atoms with Crippen LogP contribution in [0, 0.1) is 0 Å². The fourth-order valence-corrected chi connectivity index (χ4v) is 27.9. The molecule has 6 heteroatoms. The maximum absolute atomic E-state index is 3.54. The molecule has 0 saturated heterocycles. The van der Waals surface area contributed by atoms with Gasteiger partial charge in [0.15, 0.2) is 8.07 Å². The zero-order valence-corrected chi connectivity index (χ0v) is 64.2. The highest BCUT2D eigenvalue weighted by atomic mass is 28.3. The van der Waals surface area contributed by atoms with E-state index in [2.05, 4.69) is 438 Å². The topological polar surface area (TPSA) is 16.3 Å². The van der Waals surface area contributed by atoms with E-state index < -0.39 is 18.9 Å². The lowest BCUT2D eigenvalue weighted by molar-refractivity contribution is 0.792. The Bertz CT molecular complexity index is 6930. The third kappa shape index (κ3) is 8.08. The van der Waals surface area contributed by atoms with Gasteiger partial charge in [-0.3, -0.25) is 0 Å². The van der Waals surface area contributed by atoms with Gasteiger partial charge in [0.05, 0.1) is 44.3 Å². The Balaban J connectivity index is 0.871. The molecule has 536 valence electrons. The molecule has 6 aliphatic rings. The highest BCUT2D eigenvalue weighted by Crippen LogP contribution is 2.68. The van der Waals surface area contributed by atoms with Gasteiger partial charge in [0, 0.05) is 66.8 Å². The Morgan fingerprint density at radius 2 is 0.483 bits per heavy atom. The number of hydrogen-bond acceptors (Lipinski definition) is 2. The van der Waals surface area contributed by atoms with Crippen molar-refractivity contribution in [1.29, 1.82) is 0 Å². The summed E-state index contributed by atoms with van der Waals surface area (Å²) in [5, 5.41) is 10.1. The van der Waals surface area contributed by atoms with Crippen molar-refractivity contribution in [3.63, 3.8) is 0 Å². The summed E-state index contributed by atoms with van der Waals surface area (Å²) >= 11 is 0. The van der Waals surface area contributed by atoms with E-state index >= 15 is 0 Å². The van der Waals surface area contributed by atoms with Crippen LogP contribution in [-0.4, -0.2) is 23.9 Å². The van der Waals surface area contributed by atoms with Crippen molar-refractivity contribution < 1.29 is 0 Å². The number of aromatic nitrogens is 2. The van der Waals surface area contributed by atoms with Crippen molar-refractivity contribution in [1.82, 2.24) is 9.13 Å². The SMILES string of the molecule is c1ccc([Si](c2ccccc2)(c2ccccc2)c2cc3c4c(c2)N(c2cccc5c2C2(c6ccccc6-c6ccccc62)c2ccccc2-5)c2cc(-n5c6ccccc6c6ccccc65)ccc2B4c2ccc(-n4c5ccccc5c5ccccc54)cc2N3c2cccc3c2C2(c4ccccc4-c4ccccc42)c2ccccc2-3)cc1. The molecule has 18 aromatic carbocycles. The van der Waals surface area contributed by atoms with Gasteiger partial charge in [-0.2, -0.15) is 0 Å². The molecule has 0 N–H and O–H groups in total. The summed E-state index contributed by atoms with van der Waals surface area (Å²) in [5.41, 5.74) is 36.4. The summed E-state index contributed by atoms with van der Waals surface area (Å²) in [4.78, 5) is 5.63. The number of anilines is 6. The third-order valence-electron chi connectivity index (χ3n) is 27.2. The summed E-state index contributed by atoms with van der Waals surface area (Å²) < 4.78 is 5.07. The average Bonchev–Trinajstić information content (AvgIpc) is 1.65. The van der Waals surface area contributed by atoms with Crippen LogP contribution < -0.4 is 46.9 Å². The van der Waals surface area contributed by atoms with Crippen LogP contribution in [0.3, 0.4) is 0 Å². The van der Waals surface area contributed by atoms with E-state index in [1.165, 1.54) is 170 Å². The molecule has 2 spiro atoms. The Kier molecular flexibility index (Phi) is 13.1.